The number of ether oxygens (including phenoxy) is 1. The summed E-state index contributed by atoms with van der Waals surface area (Å²) in [5, 5.41) is 45.1. The highest BCUT2D eigenvalue weighted by molar-refractivity contribution is 6.02. The summed E-state index contributed by atoms with van der Waals surface area (Å²) in [5.41, 5.74) is 0.943. The number of benzene rings is 2. The standard InChI is InChI=1S/C27H33N3O5/c1-26(2)17-35-23(27(33,34)25(26)32)16-29-24(31)21(15-28)13-18-6-7-20-14-22(9-8-19(20)12-18)30-10-4-3-5-11-30/h6-9,12-14,23,25,32-34H,3-5,10-11,16-17H2,1-2H3,(H,29,31)/b21-13+/t23-,25-/m1/s1. The Morgan fingerprint density at radius 3 is 2.57 bits per heavy atom. The molecule has 0 aliphatic carbocycles. The molecule has 4 N–H and O–H groups in total. The summed E-state index contributed by atoms with van der Waals surface area (Å²) in [7, 11) is 0. The van der Waals surface area contributed by atoms with E-state index in [1.54, 1.807) is 13.8 Å². The predicted molar refractivity (Wildman–Crippen MR) is 133 cm³/mol. The molecule has 4 rings (SSSR count). The summed E-state index contributed by atoms with van der Waals surface area (Å²) in [6, 6.07) is 14.0. The van der Waals surface area contributed by atoms with Gasteiger partial charge in [-0.1, -0.05) is 32.0 Å². The van der Waals surface area contributed by atoms with E-state index in [0.29, 0.717) is 5.56 Å². The molecule has 0 spiro atoms. The van der Waals surface area contributed by atoms with Gasteiger partial charge in [0.25, 0.3) is 5.91 Å². The molecule has 2 saturated heterocycles. The number of nitrogens with zero attached hydrogens (tertiary/aromatic N) is 2. The van der Waals surface area contributed by atoms with Gasteiger partial charge < -0.3 is 30.3 Å². The molecule has 0 bridgehead atoms. The third kappa shape index (κ3) is 5.34. The van der Waals surface area contributed by atoms with Crippen molar-refractivity contribution in [1.29, 1.82) is 5.26 Å². The van der Waals surface area contributed by atoms with Crippen LogP contribution in [0.3, 0.4) is 0 Å². The Morgan fingerprint density at radius 2 is 1.86 bits per heavy atom. The van der Waals surface area contributed by atoms with Gasteiger partial charge in [-0.15, -0.1) is 0 Å². The third-order valence-electron chi connectivity index (χ3n) is 6.97. The molecule has 0 unspecified atom stereocenters. The largest absolute Gasteiger partial charge is 0.387 e. The number of amides is 1. The van der Waals surface area contributed by atoms with Crippen LogP contribution in [0.15, 0.2) is 42.0 Å². The lowest BCUT2D eigenvalue weighted by Gasteiger charge is -2.47. The van der Waals surface area contributed by atoms with Gasteiger partial charge in [0, 0.05) is 30.7 Å². The van der Waals surface area contributed by atoms with Crippen LogP contribution in [-0.2, 0) is 9.53 Å². The number of hydrogen-bond acceptors (Lipinski definition) is 7. The minimum absolute atomic E-state index is 0.0923. The topological polar surface area (TPSA) is 126 Å². The van der Waals surface area contributed by atoms with Gasteiger partial charge in [0.2, 0.25) is 5.79 Å². The van der Waals surface area contributed by atoms with Crippen LogP contribution in [0, 0.1) is 16.7 Å². The van der Waals surface area contributed by atoms with Crippen molar-refractivity contribution in [2.45, 2.75) is 51.1 Å². The Balaban J connectivity index is 1.45. The lowest BCUT2D eigenvalue weighted by Crippen LogP contribution is -2.66. The molecule has 2 heterocycles. The summed E-state index contributed by atoms with van der Waals surface area (Å²) in [6.45, 7) is 5.28. The molecule has 2 aliphatic rings. The number of aliphatic hydroxyl groups is 3. The van der Waals surface area contributed by atoms with Gasteiger partial charge in [-0.3, -0.25) is 4.79 Å². The zero-order valence-electron chi connectivity index (χ0n) is 20.2. The number of piperidine rings is 1. The quantitative estimate of drug-likeness (QED) is 0.295. The second-order valence-corrected chi connectivity index (χ2v) is 10.2. The Morgan fingerprint density at radius 1 is 1.17 bits per heavy atom. The first kappa shape index (κ1) is 25.1. The van der Waals surface area contributed by atoms with Crippen LogP contribution in [0.2, 0.25) is 0 Å². The molecule has 2 fully saturated rings. The van der Waals surface area contributed by atoms with E-state index in [9.17, 15) is 25.4 Å². The summed E-state index contributed by atoms with van der Waals surface area (Å²) >= 11 is 0. The molecular formula is C27H33N3O5. The number of nitrogens with one attached hydrogen (secondary N) is 1. The van der Waals surface area contributed by atoms with E-state index in [1.165, 1.54) is 31.0 Å². The van der Waals surface area contributed by atoms with E-state index in [2.05, 4.69) is 28.4 Å². The van der Waals surface area contributed by atoms with Gasteiger partial charge in [-0.05, 0) is 59.9 Å². The van der Waals surface area contributed by atoms with Crippen molar-refractivity contribution >= 4 is 28.4 Å². The smallest absolute Gasteiger partial charge is 0.262 e. The molecule has 0 aromatic heterocycles. The first-order chi connectivity index (χ1) is 16.6. The summed E-state index contributed by atoms with van der Waals surface area (Å²) in [6.07, 6.45) is 2.52. The number of carbonyl (C=O) groups excluding carboxylic acids is 1. The maximum Gasteiger partial charge on any atom is 0.262 e. The van der Waals surface area contributed by atoms with Crippen LogP contribution in [0.5, 0.6) is 0 Å². The van der Waals surface area contributed by atoms with Gasteiger partial charge in [0.05, 0.1) is 6.61 Å². The lowest BCUT2D eigenvalue weighted by molar-refractivity contribution is -0.337. The lowest BCUT2D eigenvalue weighted by atomic mass is 9.78. The van der Waals surface area contributed by atoms with Crippen molar-refractivity contribution in [3.63, 3.8) is 0 Å². The first-order valence-electron chi connectivity index (χ1n) is 12.0. The zero-order chi connectivity index (χ0) is 25.2. The molecule has 8 nitrogen and oxygen atoms in total. The monoisotopic (exact) mass is 479 g/mol. The Bertz CT molecular complexity index is 1160. The van der Waals surface area contributed by atoms with E-state index in [0.717, 1.165) is 23.9 Å². The number of aliphatic hydroxyl groups excluding tert-OH is 1. The predicted octanol–water partition coefficient (Wildman–Crippen LogP) is 2.32. The third-order valence-corrected chi connectivity index (χ3v) is 6.97. The average molecular weight is 480 g/mol. The summed E-state index contributed by atoms with van der Waals surface area (Å²) < 4.78 is 5.48. The Kier molecular flexibility index (Phi) is 7.15. The van der Waals surface area contributed by atoms with E-state index in [1.807, 2.05) is 24.3 Å². The normalized spacial score (nSPS) is 24.1. The van der Waals surface area contributed by atoms with Crippen LogP contribution in [0.1, 0.15) is 38.7 Å². The molecule has 186 valence electrons. The number of nitriles is 1. The molecule has 2 aliphatic heterocycles. The number of carbonyl (C=O) groups is 1. The fraction of sp³-hybridized carbons (Fsp3) is 0.481. The SMILES string of the molecule is CC1(C)CO[C@H](CNC(=O)/C(C#N)=C/c2ccc3cc(N4CCCCC4)ccc3c2)C(O)(O)[C@@H]1O. The van der Waals surface area contributed by atoms with E-state index >= 15 is 0 Å². The van der Waals surface area contributed by atoms with Gasteiger partial charge >= 0.3 is 0 Å². The molecule has 0 saturated carbocycles. The van der Waals surface area contributed by atoms with Crippen molar-refractivity contribution in [1.82, 2.24) is 5.32 Å². The highest BCUT2D eigenvalue weighted by Crippen LogP contribution is 2.36. The fourth-order valence-corrected chi connectivity index (χ4v) is 4.76. The average Bonchev–Trinajstić information content (AvgIpc) is 2.85. The molecule has 8 heteroatoms. The van der Waals surface area contributed by atoms with Crippen LogP contribution in [0.4, 0.5) is 5.69 Å². The summed E-state index contributed by atoms with van der Waals surface area (Å²) in [5.74, 6) is -3.19. The maximum atomic E-state index is 12.6. The second-order valence-electron chi connectivity index (χ2n) is 10.2. The second kappa shape index (κ2) is 9.96. The number of rotatable bonds is 5. The zero-order valence-corrected chi connectivity index (χ0v) is 20.2. The highest BCUT2D eigenvalue weighted by atomic mass is 16.6. The molecule has 2 atom stereocenters. The number of fused-ring (bicyclic) bond motifs is 1. The van der Waals surface area contributed by atoms with Crippen molar-refractivity contribution in [3.8, 4) is 6.07 Å². The minimum Gasteiger partial charge on any atom is -0.387 e. The number of anilines is 1. The Hall–Kier alpha value is -2.96. The molecule has 2 aromatic rings. The van der Waals surface area contributed by atoms with E-state index in [-0.39, 0.29) is 18.7 Å². The van der Waals surface area contributed by atoms with Gasteiger partial charge in [0.1, 0.15) is 23.9 Å². The highest BCUT2D eigenvalue weighted by Gasteiger charge is 2.53. The van der Waals surface area contributed by atoms with Crippen molar-refractivity contribution in [3.05, 3.63) is 47.5 Å². The van der Waals surface area contributed by atoms with E-state index < -0.39 is 29.3 Å². The minimum atomic E-state index is -2.53. The van der Waals surface area contributed by atoms with Crippen LogP contribution < -0.4 is 10.2 Å². The van der Waals surface area contributed by atoms with Crippen LogP contribution in [-0.4, -0.2) is 65.5 Å². The molecule has 0 radical (unpaired) electrons. The fourth-order valence-electron chi connectivity index (χ4n) is 4.76. The van der Waals surface area contributed by atoms with Crippen molar-refractivity contribution in [2.75, 3.05) is 31.1 Å². The Labute approximate surface area is 205 Å². The molecule has 1 amide bonds. The molecule has 35 heavy (non-hydrogen) atoms. The number of hydrogen-bond donors (Lipinski definition) is 4. The molecule has 2 aromatic carbocycles. The van der Waals surface area contributed by atoms with Crippen molar-refractivity contribution < 1.29 is 24.9 Å². The van der Waals surface area contributed by atoms with Gasteiger partial charge in [-0.2, -0.15) is 5.26 Å². The van der Waals surface area contributed by atoms with Crippen molar-refractivity contribution in [2.24, 2.45) is 5.41 Å². The summed E-state index contributed by atoms with van der Waals surface area (Å²) in [4.78, 5) is 15.0. The van der Waals surface area contributed by atoms with Crippen LogP contribution in [0.25, 0.3) is 16.8 Å². The first-order valence-corrected chi connectivity index (χ1v) is 12.0. The molecular weight excluding hydrogens is 446 g/mol. The van der Waals surface area contributed by atoms with E-state index in [4.69, 9.17) is 4.74 Å². The van der Waals surface area contributed by atoms with Crippen LogP contribution >= 0.6 is 0 Å². The van der Waals surface area contributed by atoms with Gasteiger partial charge in [-0.25, -0.2) is 0 Å². The van der Waals surface area contributed by atoms with Gasteiger partial charge in [0.15, 0.2) is 0 Å². The maximum absolute atomic E-state index is 12.6.